The standard InChI is InChI=1S/C6H12ClNO2/c1-6(2,3-7)4(8)5(9)10/h4H,3,8H2,1-2H3,(H,9,10). The second kappa shape index (κ2) is 3.21. The lowest BCUT2D eigenvalue weighted by Crippen LogP contribution is -2.44. The maximum absolute atomic E-state index is 10.3. The Hall–Kier alpha value is -0.280. The summed E-state index contributed by atoms with van der Waals surface area (Å²) in [5.74, 6) is -0.758. The first-order valence-electron chi connectivity index (χ1n) is 2.96. The minimum absolute atomic E-state index is 0.250. The van der Waals surface area contributed by atoms with Crippen LogP contribution in [0.15, 0.2) is 0 Å². The quantitative estimate of drug-likeness (QED) is 0.604. The van der Waals surface area contributed by atoms with E-state index in [1.54, 1.807) is 13.8 Å². The smallest absolute Gasteiger partial charge is 0.321 e. The molecule has 0 rings (SSSR count). The van der Waals surface area contributed by atoms with E-state index in [0.29, 0.717) is 0 Å². The molecule has 1 atom stereocenters. The number of nitrogens with two attached hydrogens (primary N) is 1. The van der Waals surface area contributed by atoms with Gasteiger partial charge in [-0.05, 0) is 0 Å². The van der Waals surface area contributed by atoms with E-state index in [-0.39, 0.29) is 5.88 Å². The van der Waals surface area contributed by atoms with Crippen LogP contribution in [0.3, 0.4) is 0 Å². The molecule has 0 fully saturated rings. The molecule has 0 heterocycles. The first-order chi connectivity index (χ1) is 4.41. The van der Waals surface area contributed by atoms with Crippen molar-refractivity contribution in [3.05, 3.63) is 0 Å². The van der Waals surface area contributed by atoms with E-state index in [4.69, 9.17) is 22.4 Å². The molecule has 0 saturated carbocycles. The topological polar surface area (TPSA) is 63.3 Å². The summed E-state index contributed by atoms with van der Waals surface area (Å²) in [6.07, 6.45) is 0. The molecule has 0 aromatic rings. The molecular formula is C6H12ClNO2. The van der Waals surface area contributed by atoms with Crippen LogP contribution in [0.1, 0.15) is 13.8 Å². The molecule has 0 aromatic heterocycles. The van der Waals surface area contributed by atoms with Crippen LogP contribution in [0.2, 0.25) is 0 Å². The molecule has 0 amide bonds. The van der Waals surface area contributed by atoms with Gasteiger partial charge in [0.15, 0.2) is 0 Å². The van der Waals surface area contributed by atoms with Crippen molar-refractivity contribution in [2.75, 3.05) is 5.88 Å². The van der Waals surface area contributed by atoms with Crippen molar-refractivity contribution in [3.63, 3.8) is 0 Å². The molecule has 0 aromatic carbocycles. The molecule has 4 heteroatoms. The van der Waals surface area contributed by atoms with E-state index in [2.05, 4.69) is 0 Å². The highest BCUT2D eigenvalue weighted by molar-refractivity contribution is 6.18. The fourth-order valence-corrected chi connectivity index (χ4v) is 0.584. The Morgan fingerprint density at radius 2 is 2.20 bits per heavy atom. The molecule has 0 bridgehead atoms. The first kappa shape index (κ1) is 9.72. The third-order valence-corrected chi connectivity index (χ3v) is 2.14. The van der Waals surface area contributed by atoms with Crippen molar-refractivity contribution in [2.45, 2.75) is 19.9 Å². The lowest BCUT2D eigenvalue weighted by atomic mass is 9.87. The van der Waals surface area contributed by atoms with Gasteiger partial charge in [-0.25, -0.2) is 0 Å². The Kier molecular flexibility index (Phi) is 3.12. The highest BCUT2D eigenvalue weighted by Gasteiger charge is 2.30. The van der Waals surface area contributed by atoms with Crippen molar-refractivity contribution in [1.82, 2.24) is 0 Å². The largest absolute Gasteiger partial charge is 0.480 e. The first-order valence-corrected chi connectivity index (χ1v) is 3.49. The average molecular weight is 166 g/mol. The maximum Gasteiger partial charge on any atom is 0.321 e. The van der Waals surface area contributed by atoms with Gasteiger partial charge in [0.1, 0.15) is 6.04 Å². The SMILES string of the molecule is CC(C)(CCl)C(N)C(=O)O. The Balaban J connectivity index is 4.17. The summed E-state index contributed by atoms with van der Waals surface area (Å²) in [6.45, 7) is 3.44. The summed E-state index contributed by atoms with van der Waals surface area (Å²) >= 11 is 5.49. The van der Waals surface area contributed by atoms with Gasteiger partial charge in [-0.3, -0.25) is 4.79 Å². The van der Waals surface area contributed by atoms with Gasteiger partial charge in [-0.15, -0.1) is 11.6 Å². The molecule has 1 unspecified atom stereocenters. The number of carboxylic acids is 1. The van der Waals surface area contributed by atoms with Crippen LogP contribution in [0.5, 0.6) is 0 Å². The number of hydrogen-bond donors (Lipinski definition) is 2. The second-order valence-electron chi connectivity index (χ2n) is 2.94. The second-order valence-corrected chi connectivity index (χ2v) is 3.21. The van der Waals surface area contributed by atoms with E-state index in [0.717, 1.165) is 0 Å². The van der Waals surface area contributed by atoms with E-state index in [1.165, 1.54) is 0 Å². The van der Waals surface area contributed by atoms with Gasteiger partial charge in [-0.2, -0.15) is 0 Å². The van der Waals surface area contributed by atoms with Crippen LogP contribution < -0.4 is 5.73 Å². The predicted molar refractivity (Wildman–Crippen MR) is 40.1 cm³/mol. The van der Waals surface area contributed by atoms with Crippen molar-refractivity contribution in [1.29, 1.82) is 0 Å². The monoisotopic (exact) mass is 165 g/mol. The number of hydrogen-bond acceptors (Lipinski definition) is 2. The van der Waals surface area contributed by atoms with Crippen LogP contribution in [-0.4, -0.2) is 23.0 Å². The zero-order valence-electron chi connectivity index (χ0n) is 6.10. The fourth-order valence-electron chi connectivity index (χ4n) is 0.417. The van der Waals surface area contributed by atoms with Crippen molar-refractivity contribution >= 4 is 17.6 Å². The van der Waals surface area contributed by atoms with Gasteiger partial charge in [-0.1, -0.05) is 13.8 Å². The lowest BCUT2D eigenvalue weighted by Gasteiger charge is -2.25. The molecule has 0 spiro atoms. The third kappa shape index (κ3) is 2.15. The summed E-state index contributed by atoms with van der Waals surface area (Å²) in [5, 5.41) is 8.47. The van der Waals surface area contributed by atoms with Gasteiger partial charge in [0.25, 0.3) is 0 Å². The normalized spacial score (nSPS) is 14.8. The summed E-state index contributed by atoms with van der Waals surface area (Å²) in [5.41, 5.74) is 4.79. The Morgan fingerprint density at radius 3 is 2.30 bits per heavy atom. The Labute approximate surface area is 65.2 Å². The minimum Gasteiger partial charge on any atom is -0.480 e. The predicted octanol–water partition coefficient (Wildman–Crippen LogP) is 0.663. The van der Waals surface area contributed by atoms with E-state index in [9.17, 15) is 4.79 Å². The molecule has 0 aliphatic rings. The fraction of sp³-hybridized carbons (Fsp3) is 0.833. The Morgan fingerprint density at radius 1 is 1.80 bits per heavy atom. The lowest BCUT2D eigenvalue weighted by molar-refractivity contribution is -0.140. The van der Waals surface area contributed by atoms with Gasteiger partial charge in [0.05, 0.1) is 0 Å². The average Bonchev–Trinajstić information content (AvgIpc) is 1.86. The molecule has 0 radical (unpaired) electrons. The molecule has 0 aliphatic heterocycles. The van der Waals surface area contributed by atoms with Crippen LogP contribution in [0.25, 0.3) is 0 Å². The van der Waals surface area contributed by atoms with Crippen LogP contribution in [0, 0.1) is 5.41 Å². The van der Waals surface area contributed by atoms with Crippen LogP contribution >= 0.6 is 11.6 Å². The number of carbonyl (C=O) groups is 1. The zero-order chi connectivity index (χ0) is 8.36. The van der Waals surface area contributed by atoms with Gasteiger partial charge < -0.3 is 10.8 Å². The summed E-state index contributed by atoms with van der Waals surface area (Å²) in [7, 11) is 0. The molecule has 3 nitrogen and oxygen atoms in total. The highest BCUT2D eigenvalue weighted by atomic mass is 35.5. The van der Waals surface area contributed by atoms with Crippen LogP contribution in [-0.2, 0) is 4.79 Å². The number of carboxylic acid groups (broad SMARTS) is 1. The molecule has 0 aliphatic carbocycles. The highest BCUT2D eigenvalue weighted by Crippen LogP contribution is 2.20. The summed E-state index contributed by atoms with van der Waals surface area (Å²) < 4.78 is 0. The van der Waals surface area contributed by atoms with E-state index in [1.807, 2.05) is 0 Å². The van der Waals surface area contributed by atoms with Crippen molar-refractivity contribution in [2.24, 2.45) is 11.1 Å². The molecule has 60 valence electrons. The van der Waals surface area contributed by atoms with Gasteiger partial charge in [0.2, 0.25) is 0 Å². The molecule has 3 N–H and O–H groups in total. The van der Waals surface area contributed by atoms with Crippen molar-refractivity contribution < 1.29 is 9.90 Å². The zero-order valence-corrected chi connectivity index (χ0v) is 6.85. The minimum atomic E-state index is -1.01. The number of rotatable bonds is 3. The number of aliphatic carboxylic acids is 1. The molecular weight excluding hydrogens is 154 g/mol. The van der Waals surface area contributed by atoms with Crippen molar-refractivity contribution in [3.8, 4) is 0 Å². The summed E-state index contributed by atoms with van der Waals surface area (Å²) in [6, 6.07) is -0.884. The Bertz CT molecular complexity index is 136. The number of alkyl halides is 1. The van der Waals surface area contributed by atoms with E-state index < -0.39 is 17.4 Å². The molecule has 10 heavy (non-hydrogen) atoms. The third-order valence-electron chi connectivity index (χ3n) is 1.45. The maximum atomic E-state index is 10.3. The van der Waals surface area contributed by atoms with E-state index >= 15 is 0 Å². The summed E-state index contributed by atoms with van der Waals surface area (Å²) in [4.78, 5) is 10.3. The van der Waals surface area contributed by atoms with Gasteiger partial charge in [0, 0.05) is 11.3 Å². The molecule has 0 saturated heterocycles. The number of halogens is 1. The van der Waals surface area contributed by atoms with Crippen LogP contribution in [0.4, 0.5) is 0 Å². The van der Waals surface area contributed by atoms with Gasteiger partial charge >= 0.3 is 5.97 Å².